The number of ether oxygens (including phenoxy) is 2. The lowest BCUT2D eigenvalue weighted by molar-refractivity contribution is -0.120. The average molecular weight is 409 g/mol. The number of methoxy groups -OCH3 is 1. The lowest BCUT2D eigenvalue weighted by Gasteiger charge is -2.23. The van der Waals surface area contributed by atoms with Crippen LogP contribution in [0, 0.1) is 0 Å². The fourth-order valence-corrected chi connectivity index (χ4v) is 4.33. The molecule has 0 fully saturated rings. The second-order valence-corrected chi connectivity index (χ2v) is 7.41. The fraction of sp³-hybridized carbons (Fsp3) is 0.190. The Labute approximate surface area is 171 Å². The zero-order valence-electron chi connectivity index (χ0n) is 15.7. The lowest BCUT2D eigenvalue weighted by Crippen LogP contribution is -2.22. The van der Waals surface area contributed by atoms with Gasteiger partial charge < -0.3 is 20.5 Å². The van der Waals surface area contributed by atoms with Gasteiger partial charge in [-0.3, -0.25) is 9.59 Å². The van der Waals surface area contributed by atoms with E-state index in [9.17, 15) is 9.59 Å². The van der Waals surface area contributed by atoms with Crippen LogP contribution in [-0.4, -0.2) is 29.9 Å². The summed E-state index contributed by atoms with van der Waals surface area (Å²) in [7, 11) is 1.52. The molecule has 0 unspecified atom stereocenters. The molecule has 1 aromatic heterocycles. The molecule has 7 nitrogen and oxygen atoms in total. The first-order valence-electron chi connectivity index (χ1n) is 9.00. The van der Waals surface area contributed by atoms with Gasteiger partial charge in [0.05, 0.1) is 17.7 Å². The van der Waals surface area contributed by atoms with Gasteiger partial charge in [0.25, 0.3) is 5.91 Å². The third kappa shape index (κ3) is 3.79. The Bertz CT molecular complexity index is 1070. The summed E-state index contributed by atoms with van der Waals surface area (Å²) < 4.78 is 15.4. The van der Waals surface area contributed by atoms with Crippen molar-refractivity contribution in [2.45, 2.75) is 12.3 Å². The van der Waals surface area contributed by atoms with E-state index in [1.165, 1.54) is 18.6 Å². The number of fused-ring (bicyclic) bond motifs is 1. The number of nitrogens with zero attached hydrogens (tertiary/aromatic N) is 1. The largest absolute Gasteiger partial charge is 0.493 e. The summed E-state index contributed by atoms with van der Waals surface area (Å²) in [5.41, 5.74) is 8.54. The van der Waals surface area contributed by atoms with Crippen LogP contribution in [0.25, 0.3) is 11.3 Å². The summed E-state index contributed by atoms with van der Waals surface area (Å²) in [4.78, 5) is 24.4. The van der Waals surface area contributed by atoms with E-state index in [0.29, 0.717) is 17.9 Å². The number of anilines is 1. The third-order valence-electron chi connectivity index (χ3n) is 4.70. The molecule has 2 amide bonds. The Kier molecular flexibility index (Phi) is 5.18. The van der Waals surface area contributed by atoms with Crippen LogP contribution in [0.5, 0.6) is 11.5 Å². The van der Waals surface area contributed by atoms with Crippen molar-refractivity contribution >= 4 is 29.0 Å². The number of hydrogen-bond donors (Lipinski definition) is 2. The van der Waals surface area contributed by atoms with Gasteiger partial charge in [0.15, 0.2) is 18.1 Å². The molecular weight excluding hydrogens is 390 g/mol. The van der Waals surface area contributed by atoms with E-state index in [2.05, 4.69) is 9.69 Å². The second kappa shape index (κ2) is 7.92. The highest BCUT2D eigenvalue weighted by Crippen LogP contribution is 2.45. The zero-order valence-corrected chi connectivity index (χ0v) is 16.5. The van der Waals surface area contributed by atoms with Crippen LogP contribution < -0.4 is 20.5 Å². The van der Waals surface area contributed by atoms with Gasteiger partial charge in [0, 0.05) is 17.9 Å². The molecule has 0 spiro atoms. The molecule has 0 radical (unpaired) electrons. The lowest BCUT2D eigenvalue weighted by atomic mass is 9.89. The van der Waals surface area contributed by atoms with Crippen LogP contribution in [-0.2, 0) is 9.59 Å². The molecule has 4 rings (SSSR count). The number of hydrogen-bond acceptors (Lipinski definition) is 6. The first-order valence-corrected chi connectivity index (χ1v) is 9.78. The Morgan fingerprint density at radius 2 is 2.03 bits per heavy atom. The molecule has 3 N–H and O–H groups in total. The first-order chi connectivity index (χ1) is 14.1. The standard InChI is InChI=1S/C21H19N3O4S/c1-27-16-9-13(7-8-15(16)28-11-17(22)25)14-10-18(26)23-20-19(24-29-21(14)20)12-5-3-2-4-6-12/h2-9,14H,10-11H2,1H3,(H2,22,25)(H,23,26)/t14-/m1/s1. The Morgan fingerprint density at radius 1 is 1.24 bits per heavy atom. The van der Waals surface area contributed by atoms with E-state index in [4.69, 9.17) is 15.2 Å². The third-order valence-corrected chi connectivity index (χ3v) is 5.66. The molecule has 0 bridgehead atoms. The van der Waals surface area contributed by atoms with E-state index in [1.807, 2.05) is 42.5 Å². The van der Waals surface area contributed by atoms with Gasteiger partial charge in [-0.05, 0) is 29.2 Å². The first kappa shape index (κ1) is 18.9. The summed E-state index contributed by atoms with van der Waals surface area (Å²) in [5.74, 6) is 0.123. The molecule has 148 valence electrons. The molecule has 29 heavy (non-hydrogen) atoms. The number of carbonyl (C=O) groups excluding carboxylic acids is 2. The van der Waals surface area contributed by atoms with Crippen molar-refractivity contribution < 1.29 is 19.1 Å². The highest BCUT2D eigenvalue weighted by molar-refractivity contribution is 7.07. The van der Waals surface area contributed by atoms with Crippen molar-refractivity contribution in [3.63, 3.8) is 0 Å². The maximum Gasteiger partial charge on any atom is 0.255 e. The molecule has 2 heterocycles. The van der Waals surface area contributed by atoms with Gasteiger partial charge in [-0.2, -0.15) is 4.37 Å². The Balaban J connectivity index is 1.71. The summed E-state index contributed by atoms with van der Waals surface area (Å²) in [5, 5.41) is 2.98. The molecule has 0 saturated carbocycles. The monoisotopic (exact) mass is 409 g/mol. The molecular formula is C21H19N3O4S. The van der Waals surface area contributed by atoms with Gasteiger partial charge in [-0.1, -0.05) is 36.4 Å². The Morgan fingerprint density at radius 3 is 2.76 bits per heavy atom. The number of carbonyl (C=O) groups is 2. The quantitative estimate of drug-likeness (QED) is 0.651. The van der Waals surface area contributed by atoms with Crippen molar-refractivity contribution in [3.8, 4) is 22.8 Å². The van der Waals surface area contributed by atoms with E-state index in [-0.39, 0.29) is 18.4 Å². The van der Waals surface area contributed by atoms with Gasteiger partial charge in [0.1, 0.15) is 5.69 Å². The smallest absolute Gasteiger partial charge is 0.255 e. The van der Waals surface area contributed by atoms with Crippen molar-refractivity contribution in [2.75, 3.05) is 19.0 Å². The maximum absolute atomic E-state index is 12.4. The van der Waals surface area contributed by atoms with Gasteiger partial charge in [-0.15, -0.1) is 0 Å². The van der Waals surface area contributed by atoms with Crippen molar-refractivity contribution in [3.05, 3.63) is 59.0 Å². The average Bonchev–Trinajstić information content (AvgIpc) is 3.15. The minimum atomic E-state index is -0.567. The highest BCUT2D eigenvalue weighted by Gasteiger charge is 2.32. The normalized spacial score (nSPS) is 15.3. The van der Waals surface area contributed by atoms with E-state index >= 15 is 0 Å². The minimum absolute atomic E-state index is 0.0621. The molecule has 1 aliphatic rings. The number of nitrogens with one attached hydrogen (secondary N) is 1. The number of nitrogens with two attached hydrogens (primary N) is 1. The molecule has 2 aromatic carbocycles. The SMILES string of the molecule is COc1cc([C@H]2CC(=O)Nc3c(-c4ccccc4)nsc32)ccc1OCC(N)=O. The number of primary amides is 1. The molecule has 3 aromatic rings. The predicted molar refractivity (Wildman–Crippen MR) is 110 cm³/mol. The van der Waals surface area contributed by atoms with E-state index in [1.54, 1.807) is 6.07 Å². The summed E-state index contributed by atoms with van der Waals surface area (Å²) in [6.07, 6.45) is 0.314. The fourth-order valence-electron chi connectivity index (χ4n) is 3.36. The van der Waals surface area contributed by atoms with E-state index < -0.39 is 5.91 Å². The number of benzene rings is 2. The summed E-state index contributed by atoms with van der Waals surface area (Å²) >= 11 is 1.39. The van der Waals surface area contributed by atoms with Crippen molar-refractivity contribution in [1.29, 1.82) is 0 Å². The van der Waals surface area contributed by atoms with Gasteiger partial charge >= 0.3 is 0 Å². The molecule has 1 atom stereocenters. The maximum atomic E-state index is 12.4. The van der Waals surface area contributed by atoms with Crippen LogP contribution in [0.15, 0.2) is 48.5 Å². The van der Waals surface area contributed by atoms with Crippen LogP contribution in [0.3, 0.4) is 0 Å². The topological polar surface area (TPSA) is 104 Å². The molecule has 8 heteroatoms. The van der Waals surface area contributed by atoms with Gasteiger partial charge in [0.2, 0.25) is 5.91 Å². The Hall–Kier alpha value is -3.39. The number of rotatable bonds is 6. The summed E-state index contributed by atoms with van der Waals surface area (Å²) in [6.45, 7) is -0.235. The summed E-state index contributed by atoms with van der Waals surface area (Å²) in [6, 6.07) is 15.2. The predicted octanol–water partition coefficient (Wildman–Crippen LogP) is 3.16. The highest BCUT2D eigenvalue weighted by atomic mass is 32.1. The van der Waals surface area contributed by atoms with Crippen LogP contribution >= 0.6 is 11.5 Å². The van der Waals surface area contributed by atoms with Crippen LogP contribution in [0.1, 0.15) is 22.8 Å². The van der Waals surface area contributed by atoms with Gasteiger partial charge in [-0.25, -0.2) is 0 Å². The van der Waals surface area contributed by atoms with Crippen molar-refractivity contribution in [2.24, 2.45) is 5.73 Å². The molecule has 0 aliphatic carbocycles. The zero-order chi connectivity index (χ0) is 20.4. The number of aromatic nitrogens is 1. The second-order valence-electron chi connectivity index (χ2n) is 6.61. The molecule has 1 aliphatic heterocycles. The van der Waals surface area contributed by atoms with Crippen LogP contribution in [0.4, 0.5) is 5.69 Å². The van der Waals surface area contributed by atoms with Crippen LogP contribution in [0.2, 0.25) is 0 Å². The van der Waals surface area contributed by atoms with E-state index in [0.717, 1.165) is 27.4 Å². The number of amides is 2. The van der Waals surface area contributed by atoms with Crippen molar-refractivity contribution in [1.82, 2.24) is 4.37 Å². The molecule has 0 saturated heterocycles. The minimum Gasteiger partial charge on any atom is -0.493 e.